The largest absolute Gasteiger partial charge is 0.496 e. The third-order valence-electron chi connectivity index (χ3n) is 6.36. The van der Waals surface area contributed by atoms with Crippen molar-refractivity contribution < 1.29 is 27.4 Å². The van der Waals surface area contributed by atoms with Crippen molar-refractivity contribution in [2.24, 2.45) is 0 Å². The molecule has 1 atom stereocenters. The van der Waals surface area contributed by atoms with E-state index in [2.05, 4.69) is 19.2 Å². The first-order chi connectivity index (χ1) is 18.0. The molecule has 38 heavy (non-hydrogen) atoms. The Kier molecular flexibility index (Phi) is 9.27. The number of ether oxygens (including phenoxy) is 3. The van der Waals surface area contributed by atoms with E-state index >= 15 is 0 Å². The molecule has 0 aromatic heterocycles. The van der Waals surface area contributed by atoms with E-state index in [1.165, 1.54) is 32.4 Å². The average Bonchev–Trinajstić information content (AvgIpc) is 2.91. The van der Waals surface area contributed by atoms with Crippen LogP contribution in [-0.4, -0.2) is 42.2 Å². The first kappa shape index (κ1) is 28.8. The molecule has 0 aliphatic rings. The summed E-state index contributed by atoms with van der Waals surface area (Å²) in [5.74, 6) is 1.27. The Hall–Kier alpha value is -3.72. The minimum Gasteiger partial charge on any atom is -0.496 e. The van der Waals surface area contributed by atoms with Crippen LogP contribution in [0, 0.1) is 6.92 Å². The molecule has 3 rings (SSSR count). The topological polar surface area (TPSA) is 94.2 Å². The predicted octanol–water partition coefficient (Wildman–Crippen LogP) is 5.22. The number of carbonyl (C=O) groups excluding carboxylic acids is 1. The van der Waals surface area contributed by atoms with E-state index in [4.69, 9.17) is 14.2 Å². The fourth-order valence-electron chi connectivity index (χ4n) is 4.32. The number of carbonyl (C=O) groups is 1. The Balaban J connectivity index is 1.93. The van der Waals surface area contributed by atoms with Crippen molar-refractivity contribution in [3.63, 3.8) is 0 Å². The second-order valence-electron chi connectivity index (χ2n) is 9.26. The number of rotatable bonds is 11. The Morgan fingerprint density at radius 2 is 1.47 bits per heavy atom. The number of benzene rings is 3. The van der Waals surface area contributed by atoms with Crippen LogP contribution in [0.25, 0.3) is 0 Å². The van der Waals surface area contributed by atoms with Gasteiger partial charge in [0.05, 0.1) is 38.0 Å². The van der Waals surface area contributed by atoms with Gasteiger partial charge in [-0.3, -0.25) is 9.10 Å². The van der Waals surface area contributed by atoms with Crippen LogP contribution in [0.1, 0.15) is 49.4 Å². The molecule has 0 saturated carbocycles. The number of aryl methyl sites for hydroxylation is 1. The predicted molar refractivity (Wildman–Crippen MR) is 149 cm³/mol. The molecule has 204 valence electrons. The van der Waals surface area contributed by atoms with Crippen LogP contribution in [0.5, 0.6) is 17.2 Å². The molecule has 1 amide bonds. The zero-order chi connectivity index (χ0) is 28.0. The van der Waals surface area contributed by atoms with Crippen LogP contribution >= 0.6 is 0 Å². The van der Waals surface area contributed by atoms with Gasteiger partial charge in [-0.1, -0.05) is 32.0 Å². The van der Waals surface area contributed by atoms with Crippen LogP contribution in [0.4, 0.5) is 5.69 Å². The molecule has 0 heterocycles. The molecule has 1 N–H and O–H groups in total. The summed E-state index contributed by atoms with van der Waals surface area (Å²) >= 11 is 0. The molecule has 0 saturated heterocycles. The van der Waals surface area contributed by atoms with Crippen molar-refractivity contribution in [1.82, 2.24) is 5.32 Å². The molecule has 0 spiro atoms. The average molecular weight is 541 g/mol. The monoisotopic (exact) mass is 540 g/mol. The van der Waals surface area contributed by atoms with Crippen molar-refractivity contribution in [3.8, 4) is 17.2 Å². The molecule has 9 heteroatoms. The lowest BCUT2D eigenvalue weighted by Gasteiger charge is -2.26. The van der Waals surface area contributed by atoms with Crippen LogP contribution in [-0.2, 0) is 14.8 Å². The summed E-state index contributed by atoms with van der Waals surface area (Å²) in [4.78, 5) is 13.3. The van der Waals surface area contributed by atoms with E-state index in [9.17, 15) is 13.2 Å². The minimum absolute atomic E-state index is 0.0209. The van der Waals surface area contributed by atoms with Gasteiger partial charge in [-0.05, 0) is 72.9 Å². The lowest BCUT2D eigenvalue weighted by Crippen LogP contribution is -2.41. The number of amides is 1. The summed E-state index contributed by atoms with van der Waals surface area (Å²) in [5, 5.41) is 2.97. The second kappa shape index (κ2) is 12.2. The minimum atomic E-state index is -4.12. The van der Waals surface area contributed by atoms with E-state index in [-0.39, 0.29) is 22.6 Å². The van der Waals surface area contributed by atoms with Crippen LogP contribution in [0.3, 0.4) is 0 Å². The third kappa shape index (κ3) is 6.22. The van der Waals surface area contributed by atoms with Crippen LogP contribution in [0.2, 0.25) is 0 Å². The number of nitrogens with zero attached hydrogens (tertiary/aromatic N) is 1. The van der Waals surface area contributed by atoms with Gasteiger partial charge >= 0.3 is 0 Å². The van der Waals surface area contributed by atoms with Crippen LogP contribution in [0.15, 0.2) is 65.6 Å². The maximum atomic E-state index is 13.8. The van der Waals surface area contributed by atoms with Gasteiger partial charge in [0, 0.05) is 6.07 Å². The molecule has 0 bridgehead atoms. The van der Waals surface area contributed by atoms with Gasteiger partial charge in [-0.2, -0.15) is 0 Å². The lowest BCUT2D eigenvalue weighted by atomic mass is 9.93. The summed E-state index contributed by atoms with van der Waals surface area (Å²) in [7, 11) is 0.429. The zero-order valence-corrected chi connectivity index (χ0v) is 23.8. The molecule has 3 aromatic rings. The summed E-state index contributed by atoms with van der Waals surface area (Å²) in [6.45, 7) is 7.60. The fourth-order valence-corrected chi connectivity index (χ4v) is 5.76. The lowest BCUT2D eigenvalue weighted by molar-refractivity contribution is -0.120. The van der Waals surface area contributed by atoms with Crippen molar-refractivity contribution in [3.05, 3.63) is 77.4 Å². The van der Waals surface area contributed by atoms with Gasteiger partial charge in [0.2, 0.25) is 5.91 Å². The maximum absolute atomic E-state index is 13.8. The highest BCUT2D eigenvalue weighted by Gasteiger charge is 2.29. The molecule has 0 radical (unpaired) electrons. The van der Waals surface area contributed by atoms with Crippen LogP contribution < -0.4 is 23.8 Å². The number of sulfonamides is 1. The fraction of sp³-hybridized carbons (Fsp3) is 0.345. The summed E-state index contributed by atoms with van der Waals surface area (Å²) in [5.41, 5.74) is 3.32. The van der Waals surface area contributed by atoms with Gasteiger partial charge in [-0.15, -0.1) is 0 Å². The quantitative estimate of drug-likeness (QED) is 0.359. The number of para-hydroxylation sites is 1. The van der Waals surface area contributed by atoms with E-state index in [0.717, 1.165) is 26.7 Å². The Labute approximate surface area is 225 Å². The Morgan fingerprint density at radius 1 is 0.842 bits per heavy atom. The normalized spacial score (nSPS) is 12.1. The highest BCUT2D eigenvalue weighted by atomic mass is 32.2. The molecular formula is C29H36N2O6S. The van der Waals surface area contributed by atoms with Crippen molar-refractivity contribution in [1.29, 1.82) is 0 Å². The molecule has 0 aliphatic carbocycles. The molecule has 0 fully saturated rings. The number of anilines is 1. The SMILES string of the molecule is COc1ccc(S(=O)(=O)N(CC(=O)NC(C)c2cc(C(C)C)c(OC)cc2C)c2ccccc2)cc1OC. The Bertz CT molecular complexity index is 1370. The Morgan fingerprint density at radius 3 is 2.05 bits per heavy atom. The third-order valence-corrected chi connectivity index (χ3v) is 8.13. The highest BCUT2D eigenvalue weighted by molar-refractivity contribution is 7.92. The number of nitrogens with one attached hydrogen (secondary N) is 1. The van der Waals surface area contributed by atoms with Gasteiger partial charge in [-0.25, -0.2) is 8.42 Å². The van der Waals surface area contributed by atoms with E-state index in [1.54, 1.807) is 37.4 Å². The molecule has 0 aliphatic heterocycles. The molecule has 3 aromatic carbocycles. The summed E-state index contributed by atoms with van der Waals surface area (Å²) < 4.78 is 44.7. The summed E-state index contributed by atoms with van der Waals surface area (Å²) in [6, 6.07) is 16.5. The standard InChI is InChI=1S/C29H36N2O6S/c1-19(2)24-17-25(20(3)15-27(24)36-6)21(4)30-29(32)18-31(22-11-9-8-10-12-22)38(33,34)23-13-14-26(35-5)28(16-23)37-7/h8-17,19,21H,18H2,1-7H3,(H,30,32). The van der Waals surface area contributed by atoms with Crippen molar-refractivity contribution in [2.75, 3.05) is 32.2 Å². The second-order valence-corrected chi connectivity index (χ2v) is 11.1. The van der Waals surface area contributed by atoms with Crippen molar-refractivity contribution >= 4 is 21.6 Å². The first-order valence-corrected chi connectivity index (χ1v) is 13.7. The number of hydrogen-bond donors (Lipinski definition) is 1. The van der Waals surface area contributed by atoms with Gasteiger partial charge in [0.25, 0.3) is 10.0 Å². The zero-order valence-electron chi connectivity index (χ0n) is 22.9. The number of hydrogen-bond acceptors (Lipinski definition) is 6. The van der Waals surface area contributed by atoms with Gasteiger partial charge < -0.3 is 19.5 Å². The first-order valence-electron chi connectivity index (χ1n) is 12.3. The summed E-state index contributed by atoms with van der Waals surface area (Å²) in [6.07, 6.45) is 0. The molecule has 8 nitrogen and oxygen atoms in total. The van der Waals surface area contributed by atoms with Gasteiger partial charge in [0.15, 0.2) is 11.5 Å². The van der Waals surface area contributed by atoms with E-state index < -0.39 is 22.5 Å². The van der Waals surface area contributed by atoms with E-state index in [0.29, 0.717) is 11.4 Å². The van der Waals surface area contributed by atoms with E-state index in [1.807, 2.05) is 26.0 Å². The molecular weight excluding hydrogens is 504 g/mol. The smallest absolute Gasteiger partial charge is 0.264 e. The molecule has 1 unspecified atom stereocenters. The maximum Gasteiger partial charge on any atom is 0.264 e. The van der Waals surface area contributed by atoms with Gasteiger partial charge in [0.1, 0.15) is 12.3 Å². The van der Waals surface area contributed by atoms with Crippen molar-refractivity contribution in [2.45, 2.75) is 44.6 Å². The number of methoxy groups -OCH3 is 3. The highest BCUT2D eigenvalue weighted by Crippen LogP contribution is 2.33.